The zero-order chi connectivity index (χ0) is 89.0. The van der Waals surface area contributed by atoms with Crippen LogP contribution in [-0.2, 0) is 128 Å². The molecule has 55 nitrogen and oxygen atoms in total. The molecule has 9 fully saturated rings. The number of methoxy groups -OCH3 is 1. The molecule has 0 aromatic rings. The second kappa shape index (κ2) is 41.7. The van der Waals surface area contributed by atoms with Gasteiger partial charge in [0.15, 0.2) is 81.0 Å². The molecule has 9 saturated heterocycles. The van der Waals surface area contributed by atoms with Crippen molar-refractivity contribution in [3.8, 4) is 0 Å². The summed E-state index contributed by atoms with van der Waals surface area (Å²) in [7, 11) is 1.14. The van der Waals surface area contributed by atoms with Crippen LogP contribution in [0.5, 0.6) is 0 Å². The molecule has 45 atom stereocenters. The molecular weight excluding hydrogens is 1650 g/mol. The van der Waals surface area contributed by atoms with Crippen LogP contribution < -0.4 is 26.6 Å². The van der Waals surface area contributed by atoms with Gasteiger partial charge in [-0.1, -0.05) is 0 Å². The number of aliphatic carboxylic acids is 4. The minimum atomic E-state index is -2.60. The predicted molar refractivity (Wildman–Crippen MR) is 362 cm³/mol. The molecule has 27 unspecified atom stereocenters. The average Bonchev–Trinajstić information content (AvgIpc) is 0.768. The number of aliphatic hydroxyl groups is 19. The smallest absolute Gasteiger partial charge is 0.335 e. The van der Waals surface area contributed by atoms with Gasteiger partial charge in [-0.2, -0.15) is 0 Å². The van der Waals surface area contributed by atoms with E-state index in [1.165, 1.54) is 0 Å². The fourth-order valence-corrected chi connectivity index (χ4v) is 15.1. The molecule has 28 N–H and O–H groups in total. The number of carbonyl (C=O) groups is 9. The molecule has 0 aromatic carbocycles. The van der Waals surface area contributed by atoms with Gasteiger partial charge in [-0.05, 0) is 0 Å². The van der Waals surface area contributed by atoms with E-state index in [0.29, 0.717) is 0 Å². The highest BCUT2D eigenvalue weighted by Crippen LogP contribution is 2.41. The number of carboxylic acid groups (broad SMARTS) is 4. The van der Waals surface area contributed by atoms with Gasteiger partial charge in [-0.25, -0.2) is 19.2 Å². The van der Waals surface area contributed by atoms with Crippen LogP contribution in [0.2, 0.25) is 0 Å². The molecule has 0 aromatic heterocycles. The highest BCUT2D eigenvalue weighted by Gasteiger charge is 2.63. The van der Waals surface area contributed by atoms with Crippen LogP contribution in [0.4, 0.5) is 0 Å². The van der Waals surface area contributed by atoms with Crippen molar-refractivity contribution in [2.45, 2.75) is 311 Å². The molecule has 120 heavy (non-hydrogen) atoms. The van der Waals surface area contributed by atoms with Crippen molar-refractivity contribution in [1.29, 1.82) is 0 Å². The van der Waals surface area contributed by atoms with Crippen LogP contribution in [0.15, 0.2) is 0 Å². The molecule has 9 rings (SSSR count). The highest BCUT2D eigenvalue weighted by molar-refractivity contribution is 5.77. The Morgan fingerprint density at radius 3 is 0.608 bits per heavy atom. The molecule has 686 valence electrons. The summed E-state index contributed by atoms with van der Waals surface area (Å²) in [6, 6.07) is -9.33. The van der Waals surface area contributed by atoms with Crippen LogP contribution in [0.1, 0.15) is 34.6 Å². The fraction of sp³-hybridized carbons (Fsp3) is 0.862. The molecule has 9 heterocycles. The monoisotopic (exact) mass is 1750 g/mol. The first-order valence-corrected chi connectivity index (χ1v) is 37.0. The van der Waals surface area contributed by atoms with Crippen LogP contribution >= 0.6 is 0 Å². The second-order valence-corrected chi connectivity index (χ2v) is 29.2. The lowest BCUT2D eigenvalue weighted by molar-refractivity contribution is -0.383. The lowest BCUT2D eigenvalue weighted by Gasteiger charge is -2.50. The second-order valence-electron chi connectivity index (χ2n) is 29.2. The lowest BCUT2D eigenvalue weighted by Crippen LogP contribution is -2.71. The number of aliphatic hydroxyl groups excluding tert-OH is 19. The van der Waals surface area contributed by atoms with Crippen molar-refractivity contribution in [2.24, 2.45) is 0 Å². The number of carboxylic acids is 4. The number of amides is 5. The van der Waals surface area contributed by atoms with Crippen LogP contribution in [0, 0.1) is 0 Å². The van der Waals surface area contributed by atoms with Gasteiger partial charge in [0.2, 0.25) is 29.5 Å². The van der Waals surface area contributed by atoms with Crippen molar-refractivity contribution in [2.75, 3.05) is 40.1 Å². The van der Waals surface area contributed by atoms with Gasteiger partial charge in [-0.15, -0.1) is 0 Å². The van der Waals surface area contributed by atoms with Crippen LogP contribution in [-0.4, -0.2) is 487 Å². The predicted octanol–water partition coefficient (Wildman–Crippen LogP) is -18.9. The third-order valence-electron chi connectivity index (χ3n) is 20.9. The van der Waals surface area contributed by atoms with E-state index < -0.39 is 362 Å². The number of rotatable bonds is 31. The van der Waals surface area contributed by atoms with E-state index in [-0.39, 0.29) is 0 Å². The van der Waals surface area contributed by atoms with Gasteiger partial charge < -0.3 is 229 Å². The van der Waals surface area contributed by atoms with Crippen molar-refractivity contribution in [1.82, 2.24) is 26.6 Å². The Morgan fingerprint density at radius 2 is 0.417 bits per heavy atom. The molecular formula is C65H101N5O50. The Labute approximate surface area is 675 Å². The van der Waals surface area contributed by atoms with Crippen molar-refractivity contribution in [3.63, 3.8) is 0 Å². The maximum atomic E-state index is 13.1. The van der Waals surface area contributed by atoms with E-state index in [1.54, 1.807) is 0 Å². The van der Waals surface area contributed by atoms with Gasteiger partial charge in [0.1, 0.15) is 195 Å². The van der Waals surface area contributed by atoms with Crippen LogP contribution in [0.3, 0.4) is 0 Å². The molecule has 0 radical (unpaired) electrons. The van der Waals surface area contributed by atoms with Crippen molar-refractivity contribution >= 4 is 53.4 Å². The fourth-order valence-electron chi connectivity index (χ4n) is 15.1. The molecule has 9 aliphatic heterocycles. The van der Waals surface area contributed by atoms with Gasteiger partial charge in [0.25, 0.3) is 0 Å². The van der Waals surface area contributed by atoms with Crippen molar-refractivity contribution < 1.29 is 246 Å². The zero-order valence-corrected chi connectivity index (χ0v) is 63.8. The Kier molecular flexibility index (Phi) is 33.9. The molecule has 9 aliphatic rings. The summed E-state index contributed by atoms with van der Waals surface area (Å²) in [5.41, 5.74) is 0. The largest absolute Gasteiger partial charge is 0.479 e. The summed E-state index contributed by atoms with van der Waals surface area (Å²) in [6.07, 6.45) is -89.3. The molecule has 0 aliphatic carbocycles. The van der Waals surface area contributed by atoms with Crippen molar-refractivity contribution in [3.05, 3.63) is 0 Å². The molecule has 0 saturated carbocycles. The summed E-state index contributed by atoms with van der Waals surface area (Å²) < 4.78 is 102. The lowest BCUT2D eigenvalue weighted by atomic mass is 9.93. The van der Waals surface area contributed by atoms with Crippen LogP contribution in [0.25, 0.3) is 0 Å². The topological polar surface area (TPSA) is 845 Å². The maximum absolute atomic E-state index is 13.1. The van der Waals surface area contributed by atoms with E-state index in [9.17, 15) is 161 Å². The first kappa shape index (κ1) is 97.6. The summed E-state index contributed by atoms with van der Waals surface area (Å²) >= 11 is 0. The summed E-state index contributed by atoms with van der Waals surface area (Å²) in [5.74, 6) is -12.7. The van der Waals surface area contributed by atoms with Gasteiger partial charge in [-0.3, -0.25) is 24.0 Å². The van der Waals surface area contributed by atoms with Gasteiger partial charge >= 0.3 is 23.9 Å². The number of hydrogen-bond donors (Lipinski definition) is 28. The molecule has 5 amide bonds. The summed E-state index contributed by atoms with van der Waals surface area (Å²) in [5, 5.41) is 266. The van der Waals surface area contributed by atoms with E-state index in [2.05, 4.69) is 26.6 Å². The number of carbonyl (C=O) groups excluding carboxylic acids is 5. The first-order valence-electron chi connectivity index (χ1n) is 37.0. The highest BCUT2D eigenvalue weighted by atomic mass is 16.8. The van der Waals surface area contributed by atoms with Gasteiger partial charge in [0, 0.05) is 41.7 Å². The molecule has 55 heteroatoms. The Hall–Kier alpha value is -6.25. The molecule has 0 spiro atoms. The maximum Gasteiger partial charge on any atom is 0.335 e. The molecule has 0 bridgehead atoms. The van der Waals surface area contributed by atoms with E-state index in [1.807, 2.05) is 0 Å². The average molecular weight is 1750 g/mol. The van der Waals surface area contributed by atoms with Gasteiger partial charge in [0.05, 0.1) is 33.0 Å². The van der Waals surface area contributed by atoms with E-state index in [0.717, 1.165) is 41.7 Å². The SMILES string of the molecule is CO[C@H]1OC(CO)[C@@H](O[C@@H]2OC(C(=O)O)[C@@H](O[C@H]3OC(CO)[C@@H](O[C@@H]4OC(C(=O)O)[C@@H](O[C@H]5OC(CO)[C@@H](O[C@@H]6OC(C(=O)O)[C@@H](O[C@H]7OC(CO)[C@@H](O[C@@H]8OC(C(=O)O)[C@@H](O[C@H]9OC(CO)[C@@H](O)C(O)C9NC(C)=O)C(O)C8O)C(O)C7NC(C)=O)C(O)C6O)C(O)C5NC(C)=O)C(O)C4O)C(O)C3NC(C)=O)C(O)C2O)C(O)C1NC(C)=O. The zero-order valence-electron chi connectivity index (χ0n) is 63.8. The minimum Gasteiger partial charge on any atom is -0.479 e. The Bertz CT molecular complexity index is 3480. The number of hydrogen-bond acceptors (Lipinski definition) is 46. The van der Waals surface area contributed by atoms with E-state index in [4.69, 9.17) is 85.3 Å². The number of nitrogens with one attached hydrogen (secondary N) is 5. The Morgan fingerprint density at radius 1 is 0.233 bits per heavy atom. The minimum absolute atomic E-state index is 0.703. The van der Waals surface area contributed by atoms with E-state index >= 15 is 0 Å². The summed E-state index contributed by atoms with van der Waals surface area (Å²) in [6.45, 7) is -1.08. The third kappa shape index (κ3) is 21.3. The first-order chi connectivity index (χ1) is 56.5. The summed E-state index contributed by atoms with van der Waals surface area (Å²) in [4.78, 5) is 114. The Balaban J connectivity index is 0.861. The normalized spacial score (nSPS) is 46.2. The standard InChI is InChI=1S/C65H101N5O50/c1-12(76)66-22-28(82)27(81)17(7-71)104-58(22)113-45-33(87)37(91)63(117-49(45)53(95)96)110-42-19(9-73)106-60(24(30(42)84)68-14(3)78)115-47-35(89)39(93)65(119-51(47)55(99)100)112-44-21(11-75)108-61(26(32(44)86)70-16(5)80)116-48-36(90)40(94)64(120-52(48)56(101)102)111-43-20(10-74)107-59(25(31(43)85)69-15(4)79)114-46-34(88)38(92)62(118-50(46)54(97)98)109-41-18(8-72)105-57(103-6)23(29(41)83)67-13(2)77/h17-52,57-65,71-75,81-94H,7-11H2,1-6H3,(H,66,76)(H,67,77)(H,68,78)(H,69,79)(H,70,80)(H,95,96)(H,97,98)(H,99,100)(H,101,102)/t17?,18?,19?,20?,21?,22?,23?,24?,25?,26?,27-,28?,29?,30?,31?,32?,33?,34?,35?,36?,37?,38?,39?,40?,41-,42-,43-,44-,45+,46+,47+,48+,49?,50?,51?,52?,57+,58-,59-,60-,61-,62-,63-,64-,65-/m1/s1. The third-order valence-corrected chi connectivity index (χ3v) is 20.9. The quantitative estimate of drug-likeness (QED) is 0.0306. The number of ether oxygens (including phenoxy) is 18.